The van der Waals surface area contributed by atoms with Gasteiger partial charge in [-0.2, -0.15) is 0 Å². The number of anilines is 6. The molecule has 0 unspecified atom stereocenters. The van der Waals surface area contributed by atoms with E-state index in [2.05, 4.69) is 256 Å². The fraction of sp³-hybridized carbons (Fsp3) is 0. The maximum absolute atomic E-state index is 7.78. The summed E-state index contributed by atoms with van der Waals surface area (Å²) in [6.45, 7) is 7.78. The minimum atomic E-state index is 0.628. The van der Waals surface area contributed by atoms with Crippen molar-refractivity contribution in [2.24, 2.45) is 0 Å². The van der Waals surface area contributed by atoms with Gasteiger partial charge in [-0.1, -0.05) is 158 Å². The molecule has 0 radical (unpaired) electrons. The van der Waals surface area contributed by atoms with Gasteiger partial charge in [0.2, 0.25) is 0 Å². The molecule has 0 aliphatic heterocycles. The average molecular weight is 879 g/mol. The van der Waals surface area contributed by atoms with Gasteiger partial charge in [-0.15, -0.1) is 0 Å². The molecule has 0 atom stereocenters. The second kappa shape index (κ2) is 16.5. The number of para-hydroxylation sites is 2. The highest BCUT2D eigenvalue weighted by molar-refractivity contribution is 6.28. The molecule has 0 spiro atoms. The van der Waals surface area contributed by atoms with Crippen LogP contribution < -0.4 is 9.80 Å². The Morgan fingerprint density at radius 2 is 0.841 bits per heavy atom. The summed E-state index contributed by atoms with van der Waals surface area (Å²) >= 11 is 0. The summed E-state index contributed by atoms with van der Waals surface area (Å²) in [6.07, 6.45) is 0. The van der Waals surface area contributed by atoms with Crippen LogP contribution in [-0.4, -0.2) is 4.40 Å². The molecule has 0 bridgehead atoms. The minimum Gasteiger partial charge on any atom is -0.310 e. The molecule has 13 rings (SSSR count). The number of aromatic nitrogens is 1. The van der Waals surface area contributed by atoms with Crippen molar-refractivity contribution < 1.29 is 0 Å². The second-order valence-corrected chi connectivity index (χ2v) is 17.7. The van der Waals surface area contributed by atoms with E-state index in [9.17, 15) is 0 Å². The summed E-state index contributed by atoms with van der Waals surface area (Å²) in [4.78, 5) is 8.53. The Kier molecular flexibility index (Phi) is 9.52. The van der Waals surface area contributed by atoms with Crippen molar-refractivity contribution in [1.29, 1.82) is 0 Å². The van der Waals surface area contributed by atoms with Crippen LogP contribution >= 0.6 is 0 Å². The maximum atomic E-state index is 7.78. The third kappa shape index (κ3) is 6.84. The van der Waals surface area contributed by atoms with Gasteiger partial charge in [0.15, 0.2) is 5.69 Å². The lowest BCUT2D eigenvalue weighted by atomic mass is 9.99. The Labute approximate surface area is 400 Å². The van der Waals surface area contributed by atoms with Gasteiger partial charge >= 0.3 is 0 Å². The Morgan fingerprint density at radius 3 is 1.48 bits per heavy atom. The zero-order valence-electron chi connectivity index (χ0n) is 37.5. The molecule has 2 heterocycles. The number of hydrogen-bond acceptors (Lipinski definition) is 2. The zero-order valence-corrected chi connectivity index (χ0v) is 37.5. The molecule has 322 valence electrons. The van der Waals surface area contributed by atoms with E-state index in [1.807, 2.05) is 18.2 Å². The minimum absolute atomic E-state index is 0.628. The van der Waals surface area contributed by atoms with Gasteiger partial charge in [-0.3, -0.25) is 0 Å². The highest BCUT2D eigenvalue weighted by Crippen LogP contribution is 2.49. The van der Waals surface area contributed by atoms with Crippen molar-refractivity contribution in [3.63, 3.8) is 0 Å². The topological polar surface area (TPSA) is 15.2 Å². The van der Waals surface area contributed by atoms with Crippen LogP contribution in [0.3, 0.4) is 0 Å². The molecule has 0 amide bonds. The van der Waals surface area contributed by atoms with E-state index in [1.54, 1.807) is 0 Å². The molecule has 0 N–H and O–H groups in total. The van der Waals surface area contributed by atoms with Crippen molar-refractivity contribution in [3.8, 4) is 33.4 Å². The Morgan fingerprint density at radius 1 is 0.319 bits per heavy atom. The first kappa shape index (κ1) is 39.9. The quantitative estimate of drug-likeness (QED) is 0.134. The lowest BCUT2D eigenvalue weighted by molar-refractivity contribution is 1.29. The highest BCUT2D eigenvalue weighted by Gasteiger charge is 2.25. The van der Waals surface area contributed by atoms with E-state index in [0.29, 0.717) is 5.69 Å². The van der Waals surface area contributed by atoms with Crippen molar-refractivity contribution >= 4 is 88.7 Å². The van der Waals surface area contributed by atoms with Crippen LogP contribution in [-0.2, 0) is 0 Å². The molecule has 4 heteroatoms. The van der Waals surface area contributed by atoms with Crippen molar-refractivity contribution in [3.05, 3.63) is 266 Å². The SMILES string of the molecule is [C-]#[N+]c1cccc(-c2ccc3c(c2)c2c(N(c4ccccc4)c4ccc(-c5ccccc5)cc4)ccc4c5cc6ccc(N(c7ccccc7)c7ccc(-c8ccccc8)cc7)cc6cc5n3c42)c1. The molecule has 2 aromatic heterocycles. The summed E-state index contributed by atoms with van der Waals surface area (Å²) < 4.78 is 2.49. The smallest absolute Gasteiger partial charge is 0.187 e. The fourth-order valence-corrected chi connectivity index (χ4v) is 10.4. The Bertz CT molecular complexity index is 4040. The van der Waals surface area contributed by atoms with Crippen LogP contribution in [0.4, 0.5) is 39.8 Å². The van der Waals surface area contributed by atoms with Gasteiger partial charge in [0, 0.05) is 50.0 Å². The first-order valence-electron chi connectivity index (χ1n) is 23.4. The molecule has 13 aromatic rings. The predicted octanol–water partition coefficient (Wildman–Crippen LogP) is 18.5. The van der Waals surface area contributed by atoms with Crippen LogP contribution in [0, 0.1) is 6.57 Å². The van der Waals surface area contributed by atoms with Gasteiger partial charge in [0.1, 0.15) is 0 Å². The zero-order chi connectivity index (χ0) is 45.8. The molecular weight excluding hydrogens is 837 g/mol. The van der Waals surface area contributed by atoms with Gasteiger partial charge in [0.25, 0.3) is 0 Å². The predicted molar refractivity (Wildman–Crippen MR) is 291 cm³/mol. The van der Waals surface area contributed by atoms with Crippen LogP contribution in [0.2, 0.25) is 0 Å². The van der Waals surface area contributed by atoms with Gasteiger partial charge in [0.05, 0.1) is 28.8 Å². The van der Waals surface area contributed by atoms with Crippen molar-refractivity contribution in [1.82, 2.24) is 4.40 Å². The lowest BCUT2D eigenvalue weighted by Crippen LogP contribution is -2.10. The summed E-state index contributed by atoms with van der Waals surface area (Å²) in [7, 11) is 0. The highest BCUT2D eigenvalue weighted by atomic mass is 15.2. The van der Waals surface area contributed by atoms with Gasteiger partial charge in [-0.05, 0) is 141 Å². The number of rotatable bonds is 9. The molecule has 0 saturated carbocycles. The third-order valence-electron chi connectivity index (χ3n) is 13.7. The molecule has 0 fully saturated rings. The number of benzene rings is 11. The largest absolute Gasteiger partial charge is 0.310 e. The summed E-state index contributed by atoms with van der Waals surface area (Å²) in [5, 5.41) is 7.10. The van der Waals surface area contributed by atoms with Crippen molar-refractivity contribution in [2.45, 2.75) is 0 Å². The Hall–Kier alpha value is -9.43. The first-order chi connectivity index (χ1) is 34.2. The number of fused-ring (bicyclic) bond motifs is 7. The number of hydrogen-bond donors (Lipinski definition) is 0. The molecule has 0 aliphatic rings. The molecule has 11 aromatic carbocycles. The van der Waals surface area contributed by atoms with E-state index < -0.39 is 0 Å². The van der Waals surface area contributed by atoms with Crippen LogP contribution in [0.5, 0.6) is 0 Å². The van der Waals surface area contributed by atoms with Gasteiger partial charge in [-0.25, -0.2) is 4.85 Å². The van der Waals surface area contributed by atoms with E-state index in [1.165, 1.54) is 49.3 Å². The average Bonchev–Trinajstić information content (AvgIpc) is 3.93. The maximum Gasteiger partial charge on any atom is 0.187 e. The van der Waals surface area contributed by atoms with Crippen LogP contribution in [0.1, 0.15) is 0 Å². The third-order valence-corrected chi connectivity index (χ3v) is 13.7. The molecule has 69 heavy (non-hydrogen) atoms. The second-order valence-electron chi connectivity index (χ2n) is 17.7. The monoisotopic (exact) mass is 878 g/mol. The molecule has 0 saturated heterocycles. The lowest BCUT2D eigenvalue weighted by Gasteiger charge is -2.27. The van der Waals surface area contributed by atoms with E-state index in [-0.39, 0.29) is 0 Å². The van der Waals surface area contributed by atoms with E-state index in [4.69, 9.17) is 6.57 Å². The molecular formula is C65H42N4. The van der Waals surface area contributed by atoms with Crippen LogP contribution in [0.25, 0.3) is 87.1 Å². The summed E-state index contributed by atoms with van der Waals surface area (Å²) in [5.41, 5.74) is 17.5. The standard InChI is InChI=1S/C65H42N4/c1-66-52-20-14-19-48(39-52)49-30-37-61-60(42-49)64-62(68(54-23-12-5-13-24-54)56-33-27-47(28-34-56)45-17-8-3-9-18-45)38-36-58-59-41-50-29-35-57(40-51(50)43-63(59)69(61)65(58)64)67(53-21-10-4-11-22-53)55-31-25-46(26-32-55)44-15-6-2-7-16-44/h2-43H. The van der Waals surface area contributed by atoms with E-state index >= 15 is 0 Å². The van der Waals surface area contributed by atoms with Crippen molar-refractivity contribution in [2.75, 3.05) is 9.80 Å². The van der Waals surface area contributed by atoms with Gasteiger partial charge < -0.3 is 14.2 Å². The van der Waals surface area contributed by atoms with E-state index in [0.717, 1.165) is 67.1 Å². The van der Waals surface area contributed by atoms with Crippen LogP contribution in [0.15, 0.2) is 255 Å². The summed E-state index contributed by atoms with van der Waals surface area (Å²) in [5.74, 6) is 0. The first-order valence-corrected chi connectivity index (χ1v) is 23.4. The summed E-state index contributed by atoms with van der Waals surface area (Å²) in [6, 6.07) is 91.3. The molecule has 0 aliphatic carbocycles. The molecule has 4 nitrogen and oxygen atoms in total. The normalized spacial score (nSPS) is 11.5. The number of nitrogens with zero attached hydrogens (tertiary/aromatic N) is 4. The Balaban J connectivity index is 1.03. The fourth-order valence-electron chi connectivity index (χ4n) is 10.4.